The average molecular weight is 486 g/mol. The van der Waals surface area contributed by atoms with Gasteiger partial charge in [-0.05, 0) is 42.3 Å². The summed E-state index contributed by atoms with van der Waals surface area (Å²) in [4.78, 5) is 43.4. The van der Waals surface area contributed by atoms with Crippen molar-refractivity contribution in [3.63, 3.8) is 0 Å². The zero-order chi connectivity index (χ0) is 25.5. The van der Waals surface area contributed by atoms with E-state index in [1.165, 1.54) is 33.9 Å². The number of nitrogens with one attached hydrogen (secondary N) is 1. The number of hydrogen-bond acceptors (Lipinski definition) is 3. The smallest absolute Gasteiger partial charge is 0.341 e. The van der Waals surface area contributed by atoms with Gasteiger partial charge in [0, 0.05) is 19.3 Å². The van der Waals surface area contributed by atoms with Gasteiger partial charge in [0.25, 0.3) is 5.91 Å². The maximum Gasteiger partial charge on any atom is 0.416 e. The molecule has 2 aliphatic heterocycles. The highest BCUT2D eigenvalue weighted by molar-refractivity contribution is 6.10. The number of allylic oxidation sites excluding steroid dienone is 1. The van der Waals surface area contributed by atoms with Crippen LogP contribution in [0.1, 0.15) is 23.6 Å². The van der Waals surface area contributed by atoms with Crippen LogP contribution in [-0.2, 0) is 22.3 Å². The van der Waals surface area contributed by atoms with Crippen LogP contribution in [0.25, 0.3) is 5.57 Å². The monoisotopic (exact) mass is 486 g/mol. The second-order valence-corrected chi connectivity index (χ2v) is 8.84. The summed E-state index contributed by atoms with van der Waals surface area (Å²) in [5, 5.41) is 2.50. The van der Waals surface area contributed by atoms with Gasteiger partial charge >= 0.3 is 12.2 Å². The lowest BCUT2D eigenvalue weighted by Crippen LogP contribution is -2.81. The number of alkyl halides is 3. The van der Waals surface area contributed by atoms with Crippen LogP contribution in [0.5, 0.6) is 0 Å². The average Bonchev–Trinajstić information content (AvgIpc) is 2.79. The molecule has 2 fully saturated rings. The van der Waals surface area contributed by atoms with E-state index < -0.39 is 17.3 Å². The summed E-state index contributed by atoms with van der Waals surface area (Å²) in [5.74, 6) is -0.697. The molecule has 2 heterocycles. The maximum atomic E-state index is 13.7. The van der Waals surface area contributed by atoms with Crippen LogP contribution >= 0.6 is 0 Å². The lowest BCUT2D eigenvalue weighted by molar-refractivity contribution is -0.161. The molecule has 2 aliphatic rings. The van der Waals surface area contributed by atoms with Crippen molar-refractivity contribution in [2.45, 2.75) is 25.2 Å². The lowest BCUT2D eigenvalue weighted by Gasteiger charge is -2.57. The van der Waals surface area contributed by atoms with E-state index in [-0.39, 0.29) is 44.0 Å². The second kappa shape index (κ2) is 8.75. The summed E-state index contributed by atoms with van der Waals surface area (Å²) in [6.07, 6.45) is -4.47. The first-order valence-electron chi connectivity index (χ1n) is 11.0. The van der Waals surface area contributed by atoms with Crippen LogP contribution in [-0.4, -0.2) is 59.9 Å². The molecule has 7 nitrogen and oxygen atoms in total. The number of nitrogens with zero attached hydrogens (tertiary/aromatic N) is 3. The summed E-state index contributed by atoms with van der Waals surface area (Å²) >= 11 is 0. The molecule has 0 unspecified atom stereocenters. The van der Waals surface area contributed by atoms with Gasteiger partial charge in [0.1, 0.15) is 6.54 Å². The van der Waals surface area contributed by atoms with Gasteiger partial charge in [0.05, 0.1) is 18.7 Å². The van der Waals surface area contributed by atoms with Crippen LogP contribution in [0.3, 0.4) is 0 Å². The highest BCUT2D eigenvalue weighted by atomic mass is 19.4. The molecule has 0 saturated carbocycles. The predicted molar refractivity (Wildman–Crippen MR) is 124 cm³/mol. The first-order chi connectivity index (χ1) is 16.5. The van der Waals surface area contributed by atoms with E-state index in [0.29, 0.717) is 11.3 Å². The molecule has 4 amide bonds. The molecule has 0 atom stereocenters. The summed E-state index contributed by atoms with van der Waals surface area (Å²) in [5.41, 5.74) is 0.652. The van der Waals surface area contributed by atoms with Crippen molar-refractivity contribution in [2.75, 3.05) is 31.6 Å². The summed E-state index contributed by atoms with van der Waals surface area (Å²) in [6.45, 7) is 5.46. The Hall–Kier alpha value is -3.82. The van der Waals surface area contributed by atoms with Gasteiger partial charge in [-0.2, -0.15) is 13.2 Å². The molecular weight excluding hydrogens is 461 g/mol. The Morgan fingerprint density at radius 3 is 2.17 bits per heavy atom. The van der Waals surface area contributed by atoms with Crippen molar-refractivity contribution in [1.82, 2.24) is 15.1 Å². The highest BCUT2D eigenvalue weighted by Gasteiger charge is 2.60. The van der Waals surface area contributed by atoms with Gasteiger partial charge in [-0.1, -0.05) is 36.4 Å². The Bertz CT molecular complexity index is 1170. The van der Waals surface area contributed by atoms with Gasteiger partial charge in [-0.25, -0.2) is 4.79 Å². The maximum absolute atomic E-state index is 13.7. The van der Waals surface area contributed by atoms with Crippen molar-refractivity contribution < 1.29 is 27.6 Å². The molecule has 0 aromatic heterocycles. The molecule has 1 spiro atoms. The van der Waals surface area contributed by atoms with E-state index in [2.05, 4.69) is 11.9 Å². The van der Waals surface area contributed by atoms with Gasteiger partial charge < -0.3 is 20.0 Å². The minimum absolute atomic E-state index is 0.0156. The van der Waals surface area contributed by atoms with Crippen molar-refractivity contribution in [3.8, 4) is 0 Å². The molecule has 2 aromatic carbocycles. The molecule has 4 rings (SSSR count). The lowest BCUT2D eigenvalue weighted by atomic mass is 9.83. The largest absolute Gasteiger partial charge is 0.416 e. The second-order valence-electron chi connectivity index (χ2n) is 8.84. The minimum Gasteiger partial charge on any atom is -0.341 e. The molecule has 1 N–H and O–H groups in total. The molecule has 0 aliphatic carbocycles. The first kappa shape index (κ1) is 24.3. The fraction of sp³-hybridized carbons (Fsp3) is 0.320. The third-order valence-electron chi connectivity index (χ3n) is 6.45. The van der Waals surface area contributed by atoms with Gasteiger partial charge in [-0.15, -0.1) is 0 Å². The number of rotatable bonds is 4. The van der Waals surface area contributed by atoms with Crippen LogP contribution in [0.4, 0.5) is 23.7 Å². The molecule has 2 aromatic rings. The van der Waals surface area contributed by atoms with E-state index in [1.807, 2.05) is 19.1 Å². The number of anilines is 1. The number of carbonyl (C=O) groups excluding carboxylic acids is 3. The molecular formula is C25H25F3N4O3. The number of likely N-dealkylation sites (tertiary alicyclic amines) is 1. The van der Waals surface area contributed by atoms with Gasteiger partial charge in [0.15, 0.2) is 5.54 Å². The van der Waals surface area contributed by atoms with E-state index >= 15 is 0 Å². The molecule has 35 heavy (non-hydrogen) atoms. The van der Waals surface area contributed by atoms with Gasteiger partial charge in [-0.3, -0.25) is 9.59 Å². The van der Waals surface area contributed by atoms with E-state index in [9.17, 15) is 27.6 Å². The Morgan fingerprint density at radius 1 is 1.06 bits per heavy atom. The third-order valence-corrected chi connectivity index (χ3v) is 6.45. The fourth-order valence-corrected chi connectivity index (χ4v) is 4.45. The van der Waals surface area contributed by atoms with Gasteiger partial charge in [0.2, 0.25) is 5.91 Å². The van der Waals surface area contributed by atoms with Crippen LogP contribution in [0, 0.1) is 0 Å². The number of piperazine rings is 1. The summed E-state index contributed by atoms with van der Waals surface area (Å²) in [7, 11) is 1.47. The van der Waals surface area contributed by atoms with E-state index in [0.717, 1.165) is 23.3 Å². The van der Waals surface area contributed by atoms with Crippen molar-refractivity contribution >= 4 is 29.1 Å². The third kappa shape index (κ3) is 4.36. The number of urea groups is 1. The van der Waals surface area contributed by atoms with Crippen molar-refractivity contribution in [3.05, 3.63) is 71.8 Å². The quantitative estimate of drug-likeness (QED) is 0.719. The number of hydrogen-bond donors (Lipinski definition) is 1. The minimum atomic E-state index is -4.47. The van der Waals surface area contributed by atoms with Crippen LogP contribution in [0.15, 0.2) is 55.1 Å². The van der Waals surface area contributed by atoms with Crippen LogP contribution in [0.2, 0.25) is 0 Å². The Labute approximate surface area is 200 Å². The number of halogens is 3. The zero-order valence-corrected chi connectivity index (χ0v) is 19.4. The first-order valence-corrected chi connectivity index (χ1v) is 11.0. The SMILES string of the molecule is C=C(C)c1ccc(N2CC(=O)N(Cc3ccc(C(F)(F)F)cc3)C3(CN(C(=O)NC)C3)C2=O)cc1. The number of benzene rings is 2. The van der Waals surface area contributed by atoms with E-state index in [4.69, 9.17) is 0 Å². The molecule has 184 valence electrons. The standard InChI is InChI=1S/C25H25F3N4O3/c1-16(2)18-6-10-20(11-7-18)31-13-21(33)32(12-17-4-8-19(9-5-17)25(26,27)28)24(22(31)34)14-30(15-24)23(35)29-3/h4-11H,1,12-15H2,2-3H3,(H,29,35). The molecule has 0 radical (unpaired) electrons. The fourth-order valence-electron chi connectivity index (χ4n) is 4.45. The molecule has 2 saturated heterocycles. The van der Waals surface area contributed by atoms with Crippen molar-refractivity contribution in [2.24, 2.45) is 0 Å². The van der Waals surface area contributed by atoms with E-state index in [1.54, 1.807) is 12.1 Å². The zero-order valence-electron chi connectivity index (χ0n) is 19.4. The number of carbonyl (C=O) groups is 3. The molecule has 0 bridgehead atoms. The summed E-state index contributed by atoms with van der Waals surface area (Å²) in [6, 6.07) is 11.2. The normalized spacial score (nSPS) is 17.5. The Kier molecular flexibility index (Phi) is 6.08. The highest BCUT2D eigenvalue weighted by Crippen LogP contribution is 2.37. The number of amides is 4. The summed E-state index contributed by atoms with van der Waals surface area (Å²) < 4.78 is 38.8. The topological polar surface area (TPSA) is 73.0 Å². The predicted octanol–water partition coefficient (Wildman–Crippen LogP) is 3.51. The van der Waals surface area contributed by atoms with Crippen LogP contribution < -0.4 is 10.2 Å². The Balaban J connectivity index is 1.64. The molecule has 10 heteroatoms. The van der Waals surface area contributed by atoms with Crippen molar-refractivity contribution in [1.29, 1.82) is 0 Å². The Morgan fingerprint density at radius 2 is 1.66 bits per heavy atom.